The molecule has 3 rings (SSSR count). The smallest absolute Gasteiger partial charge is 0.433 e. The van der Waals surface area contributed by atoms with Crippen LogP contribution in [-0.2, 0) is 6.18 Å². The number of aromatic nitrogens is 1. The van der Waals surface area contributed by atoms with E-state index in [-0.39, 0.29) is 39.6 Å². The molecule has 1 heterocycles. The highest BCUT2D eigenvalue weighted by Gasteiger charge is 2.33. The Balaban J connectivity index is 2.17. The first-order valence-corrected chi connectivity index (χ1v) is 11.4. The van der Waals surface area contributed by atoms with E-state index in [2.05, 4.69) is 4.98 Å². The standard InChI is InChI=1S/C24H19ClF3N3O3S/c1-31(19-5-3-4-6-20(19)34-2)23(33)16-10-15(18(25)11-21(16)35-8-7-32)17-13-30-22(24(26,27)28)9-14(17)12-29/h3-6,9-11,13,32H,7-8H2,1-2H3. The number of aliphatic hydroxyl groups is 1. The lowest BCUT2D eigenvalue weighted by molar-refractivity contribution is -0.141. The summed E-state index contributed by atoms with van der Waals surface area (Å²) in [6.45, 7) is -0.151. The molecule has 0 radical (unpaired) electrons. The van der Waals surface area contributed by atoms with Gasteiger partial charge in [0, 0.05) is 40.0 Å². The Bertz CT molecular complexity index is 1300. The van der Waals surface area contributed by atoms with Crippen molar-refractivity contribution in [3.63, 3.8) is 0 Å². The van der Waals surface area contributed by atoms with Crippen molar-refractivity contribution >= 4 is 35.0 Å². The van der Waals surface area contributed by atoms with Gasteiger partial charge in [0.15, 0.2) is 0 Å². The Morgan fingerprint density at radius 3 is 2.60 bits per heavy atom. The minimum atomic E-state index is -4.72. The zero-order valence-electron chi connectivity index (χ0n) is 18.6. The molecule has 182 valence electrons. The number of pyridine rings is 1. The molecule has 0 fully saturated rings. The number of carbonyl (C=O) groups is 1. The molecule has 0 saturated carbocycles. The first kappa shape index (κ1) is 26.3. The summed E-state index contributed by atoms with van der Waals surface area (Å²) in [5, 5.41) is 18.9. The van der Waals surface area contributed by atoms with Crippen LogP contribution in [0.4, 0.5) is 18.9 Å². The molecule has 0 bridgehead atoms. The maximum Gasteiger partial charge on any atom is 0.433 e. The molecule has 6 nitrogen and oxygen atoms in total. The fourth-order valence-corrected chi connectivity index (χ4v) is 4.46. The monoisotopic (exact) mass is 521 g/mol. The molecule has 2 aromatic carbocycles. The van der Waals surface area contributed by atoms with E-state index in [0.29, 0.717) is 22.4 Å². The lowest BCUT2D eigenvalue weighted by Gasteiger charge is -2.22. The Morgan fingerprint density at radius 2 is 1.97 bits per heavy atom. The van der Waals surface area contributed by atoms with Gasteiger partial charge in [-0.05, 0) is 30.3 Å². The van der Waals surface area contributed by atoms with E-state index in [1.807, 2.05) is 0 Å². The molecular formula is C24H19ClF3N3O3S. The number of halogens is 4. The maximum absolute atomic E-state index is 13.6. The van der Waals surface area contributed by atoms with Crippen molar-refractivity contribution in [1.29, 1.82) is 5.26 Å². The van der Waals surface area contributed by atoms with Gasteiger partial charge in [-0.3, -0.25) is 9.78 Å². The Labute approximate surface area is 208 Å². The summed E-state index contributed by atoms with van der Waals surface area (Å²) in [4.78, 5) is 18.8. The number of carbonyl (C=O) groups excluding carboxylic acids is 1. The topological polar surface area (TPSA) is 86.5 Å². The van der Waals surface area contributed by atoms with Gasteiger partial charge in [-0.25, -0.2) is 0 Å². The van der Waals surface area contributed by atoms with E-state index in [1.165, 1.54) is 35.9 Å². The second kappa shape index (κ2) is 11.0. The average molecular weight is 522 g/mol. The molecule has 1 amide bonds. The van der Waals surface area contributed by atoms with Crippen LogP contribution in [-0.4, -0.2) is 42.5 Å². The number of ether oxygens (including phenoxy) is 1. The van der Waals surface area contributed by atoms with Crippen LogP contribution in [0.3, 0.4) is 0 Å². The number of benzene rings is 2. The van der Waals surface area contributed by atoms with E-state index >= 15 is 0 Å². The molecule has 35 heavy (non-hydrogen) atoms. The number of anilines is 1. The van der Waals surface area contributed by atoms with E-state index in [1.54, 1.807) is 37.4 Å². The molecule has 0 aliphatic heterocycles. The third kappa shape index (κ3) is 5.70. The number of methoxy groups -OCH3 is 1. The molecule has 0 saturated heterocycles. The van der Waals surface area contributed by atoms with Gasteiger partial charge in [-0.1, -0.05) is 23.7 Å². The van der Waals surface area contributed by atoms with E-state index in [4.69, 9.17) is 16.3 Å². The largest absolute Gasteiger partial charge is 0.495 e. The van der Waals surface area contributed by atoms with Gasteiger partial charge in [0.25, 0.3) is 5.91 Å². The molecular weight excluding hydrogens is 503 g/mol. The summed E-state index contributed by atoms with van der Waals surface area (Å²) in [5.74, 6) is 0.284. The predicted molar refractivity (Wildman–Crippen MR) is 128 cm³/mol. The van der Waals surface area contributed by atoms with Crippen LogP contribution in [0.2, 0.25) is 5.02 Å². The molecule has 0 atom stereocenters. The number of nitrogens with zero attached hydrogens (tertiary/aromatic N) is 3. The van der Waals surface area contributed by atoms with Crippen molar-refractivity contribution in [2.24, 2.45) is 0 Å². The van der Waals surface area contributed by atoms with Crippen molar-refractivity contribution in [2.45, 2.75) is 11.1 Å². The number of alkyl halides is 3. The normalized spacial score (nSPS) is 11.1. The van der Waals surface area contributed by atoms with Gasteiger partial charge in [0.2, 0.25) is 0 Å². The average Bonchev–Trinajstić information content (AvgIpc) is 2.85. The van der Waals surface area contributed by atoms with Crippen LogP contribution in [0, 0.1) is 11.3 Å². The summed E-state index contributed by atoms with van der Waals surface area (Å²) < 4.78 is 44.6. The molecule has 3 aromatic rings. The van der Waals surface area contributed by atoms with Gasteiger partial charge in [-0.15, -0.1) is 11.8 Å². The van der Waals surface area contributed by atoms with Crippen LogP contribution in [0.25, 0.3) is 11.1 Å². The lowest BCUT2D eigenvalue weighted by Crippen LogP contribution is -2.27. The van der Waals surface area contributed by atoms with Gasteiger partial charge in [0.05, 0.1) is 36.6 Å². The fraction of sp³-hybridized carbons (Fsp3) is 0.208. The number of aliphatic hydroxyl groups excluding tert-OH is 1. The number of hydrogen-bond acceptors (Lipinski definition) is 6. The van der Waals surface area contributed by atoms with Crippen molar-refractivity contribution in [1.82, 2.24) is 4.98 Å². The molecule has 0 unspecified atom stereocenters. The summed E-state index contributed by atoms with van der Waals surface area (Å²) in [7, 11) is 3.02. The predicted octanol–water partition coefficient (Wildman–Crippen LogP) is 5.66. The molecule has 0 aliphatic rings. The molecule has 1 N–H and O–H groups in total. The molecule has 0 spiro atoms. The number of para-hydroxylation sites is 2. The zero-order chi connectivity index (χ0) is 25.8. The zero-order valence-corrected chi connectivity index (χ0v) is 20.1. The molecule has 1 aromatic heterocycles. The summed E-state index contributed by atoms with van der Waals surface area (Å²) >= 11 is 7.63. The second-order valence-corrected chi connectivity index (χ2v) is 8.70. The van der Waals surface area contributed by atoms with Crippen LogP contribution in [0.1, 0.15) is 21.6 Å². The maximum atomic E-state index is 13.6. The summed E-state index contributed by atoms with van der Waals surface area (Å²) in [5.41, 5.74) is -0.603. The quantitative estimate of drug-likeness (QED) is 0.404. The SMILES string of the molecule is COc1ccccc1N(C)C(=O)c1cc(-c2cnc(C(F)(F)F)cc2C#N)c(Cl)cc1SCCO. The first-order valence-electron chi connectivity index (χ1n) is 10.1. The summed E-state index contributed by atoms with van der Waals surface area (Å²) in [6, 6.07) is 12.2. The van der Waals surface area contributed by atoms with Crippen LogP contribution in [0.15, 0.2) is 53.6 Å². The van der Waals surface area contributed by atoms with Crippen LogP contribution in [0.5, 0.6) is 5.75 Å². The molecule has 11 heteroatoms. The molecule has 0 aliphatic carbocycles. The first-order chi connectivity index (χ1) is 16.6. The number of amides is 1. The van der Waals surface area contributed by atoms with Gasteiger partial charge < -0.3 is 14.7 Å². The van der Waals surface area contributed by atoms with E-state index < -0.39 is 17.8 Å². The van der Waals surface area contributed by atoms with Crippen LogP contribution >= 0.6 is 23.4 Å². The minimum Gasteiger partial charge on any atom is -0.495 e. The van der Waals surface area contributed by atoms with Crippen molar-refractivity contribution in [2.75, 3.05) is 31.4 Å². The van der Waals surface area contributed by atoms with Crippen LogP contribution < -0.4 is 9.64 Å². The summed E-state index contributed by atoms with van der Waals surface area (Å²) in [6.07, 6.45) is -3.81. The third-order valence-electron chi connectivity index (χ3n) is 5.00. The van der Waals surface area contributed by atoms with E-state index in [0.717, 1.165) is 6.20 Å². The second-order valence-electron chi connectivity index (χ2n) is 7.16. The highest BCUT2D eigenvalue weighted by Crippen LogP contribution is 2.39. The highest BCUT2D eigenvalue weighted by molar-refractivity contribution is 7.99. The number of rotatable bonds is 7. The Morgan fingerprint density at radius 1 is 1.26 bits per heavy atom. The number of thioether (sulfide) groups is 1. The Kier molecular flexibility index (Phi) is 8.27. The van der Waals surface area contributed by atoms with Gasteiger partial charge in [0.1, 0.15) is 11.4 Å². The minimum absolute atomic E-state index is 0.0539. The number of nitriles is 1. The fourth-order valence-electron chi connectivity index (χ4n) is 3.32. The lowest BCUT2D eigenvalue weighted by atomic mass is 9.99. The number of hydrogen-bond donors (Lipinski definition) is 1. The van der Waals surface area contributed by atoms with E-state index in [9.17, 15) is 28.3 Å². The van der Waals surface area contributed by atoms with Crippen molar-refractivity contribution in [3.8, 4) is 22.9 Å². The third-order valence-corrected chi connectivity index (χ3v) is 6.35. The van der Waals surface area contributed by atoms with Crippen molar-refractivity contribution < 1.29 is 27.8 Å². The van der Waals surface area contributed by atoms with Gasteiger partial charge in [-0.2, -0.15) is 18.4 Å². The Hall–Kier alpha value is -3.26. The van der Waals surface area contributed by atoms with Crippen molar-refractivity contribution in [3.05, 3.63) is 70.5 Å². The van der Waals surface area contributed by atoms with Gasteiger partial charge >= 0.3 is 6.18 Å². The highest BCUT2D eigenvalue weighted by atomic mass is 35.5.